The van der Waals surface area contributed by atoms with Gasteiger partial charge in [0, 0.05) is 12.6 Å². The third-order valence-corrected chi connectivity index (χ3v) is 2.89. The molecule has 0 spiro atoms. The number of nitrogens with zero attached hydrogens (tertiary/aromatic N) is 1. The van der Waals surface area contributed by atoms with Crippen molar-refractivity contribution in [2.75, 3.05) is 20.1 Å². The Morgan fingerprint density at radius 2 is 1.88 bits per heavy atom. The number of hydrogen-bond donors (Lipinski definition) is 2. The number of rotatable bonds is 7. The molecule has 0 rings (SSSR count). The molecule has 0 saturated carbocycles. The number of hydrogen-bond acceptors (Lipinski definition) is 3. The summed E-state index contributed by atoms with van der Waals surface area (Å²) in [5.41, 5.74) is 5.73. The van der Waals surface area contributed by atoms with Crippen LogP contribution in [0.1, 0.15) is 34.1 Å². The summed E-state index contributed by atoms with van der Waals surface area (Å²) in [4.78, 5) is 13.8. The molecule has 3 N–H and O–H groups in total. The molecule has 0 saturated heterocycles. The zero-order valence-electron chi connectivity index (χ0n) is 11.3. The average molecular weight is 229 g/mol. The van der Waals surface area contributed by atoms with Crippen LogP contribution >= 0.6 is 0 Å². The maximum atomic E-state index is 11.5. The molecule has 0 bridgehead atoms. The highest BCUT2D eigenvalue weighted by Crippen LogP contribution is 1.98. The molecule has 96 valence electrons. The quantitative estimate of drug-likeness (QED) is 0.635. The molecule has 0 aromatic rings. The molecule has 0 aliphatic rings. The third kappa shape index (κ3) is 6.08. The molecule has 0 fully saturated rings. The number of carbonyl (C=O) groups is 1. The SMILES string of the molecule is CC(C)[C@@H](N)C(=O)NCCCN(C)C(C)C. The average Bonchev–Trinajstić information content (AvgIpc) is 2.22. The molecule has 0 aliphatic carbocycles. The lowest BCUT2D eigenvalue weighted by Crippen LogP contribution is -2.44. The second-order valence-corrected chi connectivity index (χ2v) is 4.99. The second kappa shape index (κ2) is 7.63. The highest BCUT2D eigenvalue weighted by Gasteiger charge is 2.16. The number of carbonyl (C=O) groups excluding carboxylic acids is 1. The molecule has 16 heavy (non-hydrogen) atoms. The predicted octanol–water partition coefficient (Wildman–Crippen LogP) is 0.816. The van der Waals surface area contributed by atoms with Crippen molar-refractivity contribution in [2.24, 2.45) is 11.7 Å². The topological polar surface area (TPSA) is 58.4 Å². The lowest BCUT2D eigenvalue weighted by Gasteiger charge is -2.21. The molecule has 0 aromatic heterocycles. The van der Waals surface area contributed by atoms with Crippen LogP contribution in [0.15, 0.2) is 0 Å². The zero-order valence-corrected chi connectivity index (χ0v) is 11.3. The minimum Gasteiger partial charge on any atom is -0.355 e. The molecular formula is C12H27N3O. The van der Waals surface area contributed by atoms with Crippen LogP contribution in [-0.4, -0.2) is 43.0 Å². The van der Waals surface area contributed by atoms with Crippen LogP contribution in [0, 0.1) is 5.92 Å². The van der Waals surface area contributed by atoms with Crippen molar-refractivity contribution in [3.63, 3.8) is 0 Å². The van der Waals surface area contributed by atoms with Crippen LogP contribution in [0.5, 0.6) is 0 Å². The zero-order chi connectivity index (χ0) is 12.7. The van der Waals surface area contributed by atoms with E-state index in [0.29, 0.717) is 12.6 Å². The van der Waals surface area contributed by atoms with Gasteiger partial charge >= 0.3 is 0 Å². The summed E-state index contributed by atoms with van der Waals surface area (Å²) in [5.74, 6) is 0.153. The van der Waals surface area contributed by atoms with E-state index in [-0.39, 0.29) is 17.9 Å². The van der Waals surface area contributed by atoms with Gasteiger partial charge in [-0.15, -0.1) is 0 Å². The van der Waals surface area contributed by atoms with Gasteiger partial charge in [0.15, 0.2) is 0 Å². The fraction of sp³-hybridized carbons (Fsp3) is 0.917. The Bertz CT molecular complexity index is 204. The molecule has 0 unspecified atom stereocenters. The molecule has 0 heterocycles. The van der Waals surface area contributed by atoms with E-state index >= 15 is 0 Å². The summed E-state index contributed by atoms with van der Waals surface area (Å²) in [5, 5.41) is 2.87. The summed E-state index contributed by atoms with van der Waals surface area (Å²) in [6.45, 7) is 9.93. The Hall–Kier alpha value is -0.610. The predicted molar refractivity (Wildman–Crippen MR) is 68.2 cm³/mol. The van der Waals surface area contributed by atoms with Crippen LogP contribution < -0.4 is 11.1 Å². The van der Waals surface area contributed by atoms with Crippen LogP contribution in [0.3, 0.4) is 0 Å². The van der Waals surface area contributed by atoms with Gasteiger partial charge in [-0.3, -0.25) is 4.79 Å². The van der Waals surface area contributed by atoms with E-state index in [1.165, 1.54) is 0 Å². The number of nitrogens with two attached hydrogens (primary N) is 1. The molecular weight excluding hydrogens is 202 g/mol. The number of amides is 1. The summed E-state index contributed by atoms with van der Waals surface area (Å²) in [6, 6.07) is 0.163. The molecule has 4 heteroatoms. The Labute approximate surface area is 99.6 Å². The Kier molecular flexibility index (Phi) is 7.34. The largest absolute Gasteiger partial charge is 0.355 e. The van der Waals surface area contributed by atoms with Gasteiger partial charge in [0.2, 0.25) is 5.91 Å². The van der Waals surface area contributed by atoms with E-state index < -0.39 is 0 Å². The monoisotopic (exact) mass is 229 g/mol. The minimum absolute atomic E-state index is 0.0396. The van der Waals surface area contributed by atoms with E-state index in [2.05, 4.69) is 31.1 Å². The van der Waals surface area contributed by atoms with Gasteiger partial charge in [-0.1, -0.05) is 13.8 Å². The standard InChI is InChI=1S/C12H27N3O/c1-9(2)11(13)12(16)14-7-6-8-15(5)10(3)4/h9-11H,6-8,13H2,1-5H3,(H,14,16)/t11-/m1/s1. The van der Waals surface area contributed by atoms with Gasteiger partial charge in [0.1, 0.15) is 0 Å². The summed E-state index contributed by atoms with van der Waals surface area (Å²) < 4.78 is 0. The van der Waals surface area contributed by atoms with Crippen molar-refractivity contribution in [1.29, 1.82) is 0 Å². The summed E-state index contributed by atoms with van der Waals surface area (Å²) in [6.07, 6.45) is 0.964. The first kappa shape index (κ1) is 15.4. The van der Waals surface area contributed by atoms with E-state index in [0.717, 1.165) is 13.0 Å². The Morgan fingerprint density at radius 1 is 1.31 bits per heavy atom. The normalized spacial score (nSPS) is 13.6. The van der Waals surface area contributed by atoms with Gasteiger partial charge in [0.25, 0.3) is 0 Å². The van der Waals surface area contributed by atoms with Gasteiger partial charge in [-0.2, -0.15) is 0 Å². The van der Waals surface area contributed by atoms with E-state index in [4.69, 9.17) is 5.73 Å². The summed E-state index contributed by atoms with van der Waals surface area (Å²) in [7, 11) is 2.09. The first-order valence-corrected chi connectivity index (χ1v) is 6.09. The Morgan fingerprint density at radius 3 is 2.31 bits per heavy atom. The van der Waals surface area contributed by atoms with Crippen LogP contribution in [-0.2, 0) is 4.79 Å². The van der Waals surface area contributed by atoms with Crippen LogP contribution in [0.2, 0.25) is 0 Å². The smallest absolute Gasteiger partial charge is 0.237 e. The van der Waals surface area contributed by atoms with Gasteiger partial charge in [-0.05, 0) is 39.8 Å². The maximum absolute atomic E-state index is 11.5. The van der Waals surface area contributed by atoms with E-state index in [1.807, 2.05) is 13.8 Å². The lowest BCUT2D eigenvalue weighted by atomic mass is 10.1. The second-order valence-electron chi connectivity index (χ2n) is 4.99. The first-order chi connectivity index (χ1) is 7.36. The molecule has 1 amide bonds. The van der Waals surface area contributed by atoms with Crippen LogP contribution in [0.4, 0.5) is 0 Å². The van der Waals surface area contributed by atoms with Crippen molar-refractivity contribution >= 4 is 5.91 Å². The van der Waals surface area contributed by atoms with Crippen molar-refractivity contribution < 1.29 is 4.79 Å². The molecule has 0 aromatic carbocycles. The summed E-state index contributed by atoms with van der Waals surface area (Å²) >= 11 is 0. The molecule has 4 nitrogen and oxygen atoms in total. The van der Waals surface area contributed by atoms with Gasteiger partial charge in [0.05, 0.1) is 6.04 Å². The first-order valence-electron chi connectivity index (χ1n) is 6.09. The van der Waals surface area contributed by atoms with Gasteiger partial charge < -0.3 is 16.0 Å². The van der Waals surface area contributed by atoms with Crippen molar-refractivity contribution in [3.05, 3.63) is 0 Å². The van der Waals surface area contributed by atoms with Crippen molar-refractivity contribution in [2.45, 2.75) is 46.2 Å². The minimum atomic E-state index is -0.386. The fourth-order valence-corrected chi connectivity index (χ4v) is 1.22. The third-order valence-electron chi connectivity index (χ3n) is 2.89. The molecule has 0 radical (unpaired) electrons. The highest BCUT2D eigenvalue weighted by molar-refractivity contribution is 5.81. The molecule has 0 aliphatic heterocycles. The highest BCUT2D eigenvalue weighted by atomic mass is 16.2. The van der Waals surface area contributed by atoms with Gasteiger partial charge in [-0.25, -0.2) is 0 Å². The maximum Gasteiger partial charge on any atom is 0.237 e. The van der Waals surface area contributed by atoms with Crippen LogP contribution in [0.25, 0.3) is 0 Å². The van der Waals surface area contributed by atoms with E-state index in [1.54, 1.807) is 0 Å². The van der Waals surface area contributed by atoms with Crippen molar-refractivity contribution in [1.82, 2.24) is 10.2 Å². The fourth-order valence-electron chi connectivity index (χ4n) is 1.22. The molecule has 1 atom stereocenters. The number of nitrogens with one attached hydrogen (secondary N) is 1. The Balaban J connectivity index is 3.63. The van der Waals surface area contributed by atoms with E-state index in [9.17, 15) is 4.79 Å². The lowest BCUT2D eigenvalue weighted by molar-refractivity contribution is -0.123. The van der Waals surface area contributed by atoms with Crippen molar-refractivity contribution in [3.8, 4) is 0 Å².